The Morgan fingerprint density at radius 1 is 1.00 bits per heavy atom. The molecule has 30 heavy (non-hydrogen) atoms. The van der Waals surface area contributed by atoms with Crippen molar-refractivity contribution < 1.29 is 17.6 Å². The van der Waals surface area contributed by atoms with Crippen LogP contribution in [0.15, 0.2) is 77.7 Å². The average Bonchev–Trinajstić information content (AvgIpc) is 2.76. The molecule has 0 aliphatic carbocycles. The van der Waals surface area contributed by atoms with Gasteiger partial charge < -0.3 is 5.32 Å². The number of anilines is 1. The lowest BCUT2D eigenvalue weighted by Gasteiger charge is -2.25. The number of rotatable bonds is 6. The number of hydrogen-bond acceptors (Lipinski definition) is 3. The van der Waals surface area contributed by atoms with E-state index in [0.717, 1.165) is 5.56 Å². The molecular weight excluding hydrogens is 403 g/mol. The smallest absolute Gasteiger partial charge is 0.255 e. The van der Waals surface area contributed by atoms with E-state index in [0.29, 0.717) is 11.3 Å². The summed E-state index contributed by atoms with van der Waals surface area (Å²) in [7, 11) is -2.31. The first-order valence-corrected chi connectivity index (χ1v) is 10.8. The van der Waals surface area contributed by atoms with Crippen molar-refractivity contribution in [2.24, 2.45) is 0 Å². The zero-order chi connectivity index (χ0) is 21.9. The third kappa shape index (κ3) is 4.58. The van der Waals surface area contributed by atoms with E-state index in [-0.39, 0.29) is 22.3 Å². The maximum Gasteiger partial charge on any atom is 0.255 e. The quantitative estimate of drug-likeness (QED) is 0.618. The van der Waals surface area contributed by atoms with Gasteiger partial charge in [-0.3, -0.25) is 4.79 Å². The number of hydrogen-bond donors (Lipinski definition) is 1. The summed E-state index contributed by atoms with van der Waals surface area (Å²) in [5.74, 6) is -0.839. The Labute approximate surface area is 176 Å². The van der Waals surface area contributed by atoms with E-state index in [1.807, 2.05) is 30.3 Å². The van der Waals surface area contributed by atoms with Gasteiger partial charge in [-0.25, -0.2) is 12.8 Å². The maximum absolute atomic E-state index is 13.4. The van der Waals surface area contributed by atoms with Crippen LogP contribution in [0.25, 0.3) is 0 Å². The summed E-state index contributed by atoms with van der Waals surface area (Å²) in [5.41, 5.74) is 1.89. The lowest BCUT2D eigenvalue weighted by atomic mass is 10.1. The highest BCUT2D eigenvalue weighted by Crippen LogP contribution is 2.26. The van der Waals surface area contributed by atoms with Gasteiger partial charge in [0.05, 0.1) is 4.90 Å². The summed E-state index contributed by atoms with van der Waals surface area (Å²) in [6.07, 6.45) is 0. The van der Waals surface area contributed by atoms with Gasteiger partial charge >= 0.3 is 0 Å². The molecule has 0 saturated heterocycles. The van der Waals surface area contributed by atoms with Crippen LogP contribution in [0.2, 0.25) is 0 Å². The highest BCUT2D eigenvalue weighted by Gasteiger charge is 2.27. The van der Waals surface area contributed by atoms with Crippen LogP contribution < -0.4 is 5.32 Å². The Morgan fingerprint density at radius 3 is 2.37 bits per heavy atom. The van der Waals surface area contributed by atoms with Crippen molar-refractivity contribution in [2.45, 2.75) is 24.8 Å². The molecule has 0 aliphatic heterocycles. The molecule has 0 saturated carbocycles. The number of carbonyl (C=O) groups excluding carboxylic acids is 1. The van der Waals surface area contributed by atoms with Crippen LogP contribution in [0.4, 0.5) is 10.1 Å². The topological polar surface area (TPSA) is 66.5 Å². The Bertz CT molecular complexity index is 1160. The molecule has 0 aliphatic rings. The van der Waals surface area contributed by atoms with Crippen molar-refractivity contribution in [1.82, 2.24) is 4.31 Å². The second-order valence-corrected chi connectivity index (χ2v) is 9.05. The van der Waals surface area contributed by atoms with E-state index >= 15 is 0 Å². The van der Waals surface area contributed by atoms with Gasteiger partial charge in [-0.15, -0.1) is 0 Å². The van der Waals surface area contributed by atoms with Gasteiger partial charge in [-0.2, -0.15) is 4.31 Å². The van der Waals surface area contributed by atoms with Crippen LogP contribution in [-0.4, -0.2) is 25.7 Å². The molecular formula is C23H23FN2O3S. The van der Waals surface area contributed by atoms with Gasteiger partial charge in [0.25, 0.3) is 5.91 Å². The van der Waals surface area contributed by atoms with Crippen molar-refractivity contribution in [2.75, 3.05) is 12.4 Å². The molecule has 0 fully saturated rings. The number of halogens is 1. The van der Waals surface area contributed by atoms with Crippen LogP contribution in [-0.2, 0) is 10.0 Å². The number of nitrogens with zero attached hydrogens (tertiary/aromatic N) is 1. The maximum atomic E-state index is 13.4. The molecule has 0 bridgehead atoms. The number of carbonyl (C=O) groups is 1. The zero-order valence-corrected chi connectivity index (χ0v) is 17.8. The second-order valence-electron chi connectivity index (χ2n) is 7.05. The van der Waals surface area contributed by atoms with Crippen LogP contribution in [0.1, 0.15) is 34.5 Å². The van der Waals surface area contributed by atoms with E-state index in [9.17, 15) is 17.6 Å². The summed E-state index contributed by atoms with van der Waals surface area (Å²) in [5, 5.41) is 2.67. The number of amides is 1. The predicted octanol–water partition coefficient (Wildman–Crippen LogP) is 4.77. The Balaban J connectivity index is 1.84. The van der Waals surface area contributed by atoms with E-state index in [2.05, 4.69) is 5.32 Å². The first kappa shape index (κ1) is 21.7. The van der Waals surface area contributed by atoms with Gasteiger partial charge in [0, 0.05) is 24.3 Å². The molecule has 1 atom stereocenters. The van der Waals surface area contributed by atoms with Crippen molar-refractivity contribution in [3.05, 3.63) is 95.3 Å². The third-order valence-corrected chi connectivity index (χ3v) is 6.94. The molecule has 156 valence electrons. The number of benzene rings is 3. The Morgan fingerprint density at radius 2 is 1.70 bits per heavy atom. The summed E-state index contributed by atoms with van der Waals surface area (Å²) in [4.78, 5) is 12.6. The van der Waals surface area contributed by atoms with Crippen LogP contribution in [0.5, 0.6) is 0 Å². The standard InChI is InChI=1S/C23H23FN2O3S/c1-16-14-20(12-13-22(16)24)25-23(27)19-10-7-11-21(15-19)30(28,29)26(3)17(2)18-8-5-4-6-9-18/h4-15,17H,1-3H3,(H,25,27). The lowest BCUT2D eigenvalue weighted by molar-refractivity contribution is 0.102. The molecule has 1 amide bonds. The number of aryl methyl sites for hydroxylation is 1. The second kappa shape index (κ2) is 8.77. The monoisotopic (exact) mass is 426 g/mol. The van der Waals surface area contributed by atoms with Crippen molar-refractivity contribution in [3.63, 3.8) is 0 Å². The molecule has 1 unspecified atom stereocenters. The minimum absolute atomic E-state index is 0.0238. The largest absolute Gasteiger partial charge is 0.322 e. The summed E-state index contributed by atoms with van der Waals surface area (Å²) >= 11 is 0. The zero-order valence-electron chi connectivity index (χ0n) is 17.0. The molecule has 0 aromatic heterocycles. The van der Waals surface area contributed by atoms with Crippen molar-refractivity contribution in [1.29, 1.82) is 0 Å². The minimum atomic E-state index is -3.82. The number of sulfonamides is 1. The first-order valence-electron chi connectivity index (χ1n) is 9.40. The first-order chi connectivity index (χ1) is 14.2. The molecule has 3 rings (SSSR count). The highest BCUT2D eigenvalue weighted by molar-refractivity contribution is 7.89. The summed E-state index contributed by atoms with van der Waals surface area (Å²) in [6, 6.07) is 19.0. The molecule has 3 aromatic carbocycles. The minimum Gasteiger partial charge on any atom is -0.322 e. The fraction of sp³-hybridized carbons (Fsp3) is 0.174. The van der Waals surface area contributed by atoms with E-state index < -0.39 is 15.9 Å². The van der Waals surface area contributed by atoms with E-state index in [1.165, 1.54) is 53.8 Å². The van der Waals surface area contributed by atoms with Crippen molar-refractivity contribution >= 4 is 21.6 Å². The number of nitrogens with one attached hydrogen (secondary N) is 1. The van der Waals surface area contributed by atoms with Crippen molar-refractivity contribution in [3.8, 4) is 0 Å². The van der Waals surface area contributed by atoms with Gasteiger partial charge in [-0.1, -0.05) is 36.4 Å². The van der Waals surface area contributed by atoms with E-state index in [1.54, 1.807) is 13.8 Å². The molecule has 0 spiro atoms. The Kier molecular flexibility index (Phi) is 6.34. The SMILES string of the molecule is Cc1cc(NC(=O)c2cccc(S(=O)(=O)N(C)C(C)c3ccccc3)c2)ccc1F. The van der Waals surface area contributed by atoms with Crippen LogP contribution in [0.3, 0.4) is 0 Å². The highest BCUT2D eigenvalue weighted by atomic mass is 32.2. The normalized spacial score (nSPS) is 12.6. The molecule has 0 heterocycles. The predicted molar refractivity (Wildman–Crippen MR) is 115 cm³/mol. The lowest BCUT2D eigenvalue weighted by Crippen LogP contribution is -2.30. The third-order valence-electron chi connectivity index (χ3n) is 5.02. The molecule has 0 radical (unpaired) electrons. The summed E-state index contributed by atoms with van der Waals surface area (Å²) in [6.45, 7) is 3.40. The fourth-order valence-electron chi connectivity index (χ4n) is 3.04. The van der Waals surface area contributed by atoms with Gasteiger partial charge in [-0.05, 0) is 61.4 Å². The van der Waals surface area contributed by atoms with Gasteiger partial charge in [0.2, 0.25) is 10.0 Å². The van der Waals surface area contributed by atoms with Crippen LogP contribution >= 0.6 is 0 Å². The van der Waals surface area contributed by atoms with Crippen LogP contribution in [0, 0.1) is 12.7 Å². The Hall–Kier alpha value is -3.03. The fourth-order valence-corrected chi connectivity index (χ4v) is 4.44. The molecule has 3 aromatic rings. The van der Waals surface area contributed by atoms with E-state index in [4.69, 9.17) is 0 Å². The summed E-state index contributed by atoms with van der Waals surface area (Å²) < 4.78 is 40.9. The molecule has 7 heteroatoms. The van der Waals surface area contributed by atoms with Gasteiger partial charge in [0.15, 0.2) is 0 Å². The average molecular weight is 427 g/mol. The molecule has 5 nitrogen and oxygen atoms in total. The molecule has 1 N–H and O–H groups in total. The van der Waals surface area contributed by atoms with Gasteiger partial charge in [0.1, 0.15) is 5.82 Å².